The van der Waals surface area contributed by atoms with Gasteiger partial charge in [-0.25, -0.2) is 0 Å². The summed E-state index contributed by atoms with van der Waals surface area (Å²) in [6, 6.07) is 7.95. The van der Waals surface area contributed by atoms with Crippen molar-refractivity contribution < 1.29 is 4.74 Å². The van der Waals surface area contributed by atoms with Gasteiger partial charge in [0.25, 0.3) is 0 Å². The number of ether oxygens (including phenoxy) is 1. The summed E-state index contributed by atoms with van der Waals surface area (Å²) in [4.78, 5) is 0. The second-order valence-corrected chi connectivity index (χ2v) is 4.46. The summed E-state index contributed by atoms with van der Waals surface area (Å²) in [5, 5.41) is 0.762. The van der Waals surface area contributed by atoms with Gasteiger partial charge in [-0.3, -0.25) is 0 Å². The van der Waals surface area contributed by atoms with Crippen LogP contribution in [0.4, 0.5) is 0 Å². The molecule has 0 unspecified atom stereocenters. The van der Waals surface area contributed by atoms with E-state index in [2.05, 4.69) is 0 Å². The first-order chi connectivity index (χ1) is 7.27. The Labute approximate surface area is 95.4 Å². The van der Waals surface area contributed by atoms with Crippen molar-refractivity contribution in [3.05, 3.63) is 34.9 Å². The minimum Gasteiger partial charge on any atom is -0.381 e. The molecule has 1 atom stereocenters. The molecule has 2 nitrogen and oxygen atoms in total. The number of hydrogen-bond acceptors (Lipinski definition) is 2. The summed E-state index contributed by atoms with van der Waals surface area (Å²) in [6.45, 7) is 1.68. The number of benzene rings is 1. The van der Waals surface area contributed by atoms with Crippen molar-refractivity contribution >= 4 is 11.6 Å². The van der Waals surface area contributed by atoms with Gasteiger partial charge in [0, 0.05) is 24.3 Å². The van der Waals surface area contributed by atoms with Crippen molar-refractivity contribution in [3.63, 3.8) is 0 Å². The fraction of sp³-hybridized carbons (Fsp3) is 0.500. The maximum absolute atomic E-state index is 6.22. The molecule has 0 aliphatic carbocycles. The summed E-state index contributed by atoms with van der Waals surface area (Å²) in [5.41, 5.74) is 7.39. The Kier molecular flexibility index (Phi) is 3.62. The molecule has 1 heterocycles. The summed E-state index contributed by atoms with van der Waals surface area (Å²) in [7, 11) is 0. The van der Waals surface area contributed by atoms with E-state index in [-0.39, 0.29) is 6.04 Å². The monoisotopic (exact) mass is 225 g/mol. The molecule has 82 valence electrons. The molecule has 0 radical (unpaired) electrons. The van der Waals surface area contributed by atoms with Crippen LogP contribution in [-0.2, 0) is 4.74 Å². The fourth-order valence-electron chi connectivity index (χ4n) is 2.03. The second kappa shape index (κ2) is 4.97. The zero-order valence-corrected chi connectivity index (χ0v) is 9.41. The molecule has 2 N–H and O–H groups in total. The van der Waals surface area contributed by atoms with Crippen LogP contribution in [0.15, 0.2) is 24.3 Å². The summed E-state index contributed by atoms with van der Waals surface area (Å²) in [5.74, 6) is 0.542. The lowest BCUT2D eigenvalue weighted by Crippen LogP contribution is -2.27. The van der Waals surface area contributed by atoms with Gasteiger partial charge < -0.3 is 10.5 Å². The molecule has 0 amide bonds. The fourth-order valence-corrected chi connectivity index (χ4v) is 2.16. The van der Waals surface area contributed by atoms with E-state index in [0.717, 1.165) is 31.1 Å². The number of halogens is 1. The highest BCUT2D eigenvalue weighted by molar-refractivity contribution is 6.30. The van der Waals surface area contributed by atoms with Crippen molar-refractivity contribution in [2.45, 2.75) is 18.9 Å². The van der Waals surface area contributed by atoms with Crippen LogP contribution in [0.5, 0.6) is 0 Å². The van der Waals surface area contributed by atoms with Crippen molar-refractivity contribution in [2.24, 2.45) is 11.7 Å². The molecular formula is C12H16ClNO. The molecule has 2 rings (SSSR count). The van der Waals surface area contributed by atoms with Gasteiger partial charge >= 0.3 is 0 Å². The molecule has 1 aliphatic rings. The summed E-state index contributed by atoms with van der Waals surface area (Å²) >= 11 is 5.84. The van der Waals surface area contributed by atoms with Gasteiger partial charge in [0.15, 0.2) is 0 Å². The van der Waals surface area contributed by atoms with Gasteiger partial charge in [0.05, 0.1) is 0 Å². The zero-order valence-electron chi connectivity index (χ0n) is 8.66. The molecule has 1 aromatic rings. The molecule has 0 bridgehead atoms. The zero-order chi connectivity index (χ0) is 10.7. The Morgan fingerprint density at radius 2 is 1.80 bits per heavy atom. The molecule has 15 heavy (non-hydrogen) atoms. The Bertz CT molecular complexity index is 306. The van der Waals surface area contributed by atoms with E-state index in [1.54, 1.807) is 0 Å². The van der Waals surface area contributed by atoms with Crippen LogP contribution in [0, 0.1) is 5.92 Å². The van der Waals surface area contributed by atoms with Gasteiger partial charge in [-0.2, -0.15) is 0 Å². The molecule has 0 saturated carbocycles. The molecule has 1 aliphatic heterocycles. The van der Waals surface area contributed by atoms with Crippen LogP contribution in [0.2, 0.25) is 5.02 Å². The van der Waals surface area contributed by atoms with Crippen LogP contribution < -0.4 is 5.73 Å². The average molecular weight is 226 g/mol. The van der Waals surface area contributed by atoms with E-state index in [1.807, 2.05) is 24.3 Å². The van der Waals surface area contributed by atoms with E-state index < -0.39 is 0 Å². The Balaban J connectivity index is 2.05. The number of rotatable bonds is 2. The van der Waals surface area contributed by atoms with Crippen LogP contribution in [-0.4, -0.2) is 13.2 Å². The molecular weight excluding hydrogens is 210 g/mol. The predicted octanol–water partition coefficient (Wildman–Crippen LogP) is 2.77. The van der Waals surface area contributed by atoms with Crippen molar-refractivity contribution in [1.82, 2.24) is 0 Å². The first-order valence-electron chi connectivity index (χ1n) is 5.36. The van der Waals surface area contributed by atoms with Gasteiger partial charge in [-0.05, 0) is 36.5 Å². The second-order valence-electron chi connectivity index (χ2n) is 4.03. The third-order valence-electron chi connectivity index (χ3n) is 3.03. The highest BCUT2D eigenvalue weighted by Crippen LogP contribution is 2.28. The highest BCUT2D eigenvalue weighted by Gasteiger charge is 2.21. The van der Waals surface area contributed by atoms with Crippen LogP contribution in [0.3, 0.4) is 0 Å². The maximum Gasteiger partial charge on any atom is 0.0469 e. The quantitative estimate of drug-likeness (QED) is 0.840. The molecule has 1 aromatic carbocycles. The molecule has 3 heteroatoms. The molecule has 1 fully saturated rings. The smallest absolute Gasteiger partial charge is 0.0469 e. The highest BCUT2D eigenvalue weighted by atomic mass is 35.5. The van der Waals surface area contributed by atoms with E-state index in [9.17, 15) is 0 Å². The lowest BCUT2D eigenvalue weighted by Gasteiger charge is -2.27. The summed E-state index contributed by atoms with van der Waals surface area (Å²) < 4.78 is 5.33. The van der Waals surface area contributed by atoms with E-state index in [0.29, 0.717) is 5.92 Å². The van der Waals surface area contributed by atoms with Crippen molar-refractivity contribution in [3.8, 4) is 0 Å². The third kappa shape index (κ3) is 2.71. The van der Waals surface area contributed by atoms with E-state index in [4.69, 9.17) is 22.1 Å². The van der Waals surface area contributed by atoms with Crippen LogP contribution in [0.1, 0.15) is 24.4 Å². The first kappa shape index (κ1) is 10.9. The largest absolute Gasteiger partial charge is 0.381 e. The Hall–Kier alpha value is -0.570. The van der Waals surface area contributed by atoms with Gasteiger partial charge in [0.2, 0.25) is 0 Å². The lowest BCUT2D eigenvalue weighted by atomic mass is 9.88. The predicted molar refractivity (Wildman–Crippen MR) is 61.9 cm³/mol. The SMILES string of the molecule is N[C@@H](c1ccc(Cl)cc1)C1CCOCC1. The van der Waals surface area contributed by atoms with Crippen LogP contribution >= 0.6 is 11.6 Å². The Morgan fingerprint density at radius 1 is 1.20 bits per heavy atom. The molecule has 1 saturated heterocycles. The van der Waals surface area contributed by atoms with E-state index >= 15 is 0 Å². The third-order valence-corrected chi connectivity index (χ3v) is 3.28. The Morgan fingerprint density at radius 3 is 2.40 bits per heavy atom. The lowest BCUT2D eigenvalue weighted by molar-refractivity contribution is 0.0584. The molecule has 0 spiro atoms. The number of hydrogen-bond donors (Lipinski definition) is 1. The van der Waals surface area contributed by atoms with Gasteiger partial charge in [0.1, 0.15) is 0 Å². The van der Waals surface area contributed by atoms with Gasteiger partial charge in [-0.1, -0.05) is 23.7 Å². The minimum absolute atomic E-state index is 0.117. The van der Waals surface area contributed by atoms with Crippen molar-refractivity contribution in [2.75, 3.05) is 13.2 Å². The maximum atomic E-state index is 6.22. The first-order valence-corrected chi connectivity index (χ1v) is 5.74. The topological polar surface area (TPSA) is 35.2 Å². The standard InChI is InChI=1S/C12H16ClNO/c13-11-3-1-9(2-4-11)12(14)10-5-7-15-8-6-10/h1-4,10,12H,5-8,14H2/t12-/m0/s1. The summed E-state index contributed by atoms with van der Waals surface area (Å²) in [6.07, 6.45) is 2.12. The molecule has 0 aromatic heterocycles. The van der Waals surface area contributed by atoms with Gasteiger partial charge in [-0.15, -0.1) is 0 Å². The van der Waals surface area contributed by atoms with Crippen molar-refractivity contribution in [1.29, 1.82) is 0 Å². The average Bonchev–Trinajstić information content (AvgIpc) is 2.30. The normalized spacial score (nSPS) is 20.1. The van der Waals surface area contributed by atoms with E-state index in [1.165, 1.54) is 5.56 Å². The number of nitrogens with two attached hydrogens (primary N) is 1. The van der Waals surface area contributed by atoms with Crippen LogP contribution in [0.25, 0.3) is 0 Å². The minimum atomic E-state index is 0.117.